The van der Waals surface area contributed by atoms with Crippen LogP contribution in [0.4, 0.5) is 4.39 Å². The summed E-state index contributed by atoms with van der Waals surface area (Å²) in [6.45, 7) is 6.04. The zero-order chi connectivity index (χ0) is 18.8. The quantitative estimate of drug-likeness (QED) is 0.748. The Morgan fingerprint density at radius 2 is 1.96 bits per heavy atom. The van der Waals surface area contributed by atoms with Crippen LogP contribution in [0.25, 0.3) is 5.69 Å². The summed E-state index contributed by atoms with van der Waals surface area (Å²) in [5.74, 6) is 0.781. The van der Waals surface area contributed by atoms with Gasteiger partial charge in [-0.2, -0.15) is 5.10 Å². The molecule has 7 heteroatoms. The highest BCUT2D eigenvalue weighted by Gasteiger charge is 2.16. The summed E-state index contributed by atoms with van der Waals surface area (Å²) in [6.07, 6.45) is 1.20. The second kappa shape index (κ2) is 7.47. The molecule has 2 aromatic carbocycles. The summed E-state index contributed by atoms with van der Waals surface area (Å²) in [5.41, 5.74) is 3.71. The Hall–Kier alpha value is -2.38. The van der Waals surface area contributed by atoms with Crippen LogP contribution in [-0.4, -0.2) is 19.0 Å². The van der Waals surface area contributed by atoms with Gasteiger partial charge in [-0.3, -0.25) is 0 Å². The number of benzene rings is 2. The van der Waals surface area contributed by atoms with E-state index in [1.165, 1.54) is 16.8 Å². The van der Waals surface area contributed by atoms with Gasteiger partial charge in [0.1, 0.15) is 28.3 Å². The molecule has 0 aliphatic rings. The maximum atomic E-state index is 14.6. The van der Waals surface area contributed by atoms with Gasteiger partial charge in [-0.25, -0.2) is 23.4 Å². The molecule has 0 bridgehead atoms. The van der Waals surface area contributed by atoms with Crippen LogP contribution in [0, 0.1) is 19.7 Å². The highest BCUT2D eigenvalue weighted by atomic mass is 32.2. The van der Waals surface area contributed by atoms with Gasteiger partial charge in [0.15, 0.2) is 5.82 Å². The van der Waals surface area contributed by atoms with Gasteiger partial charge in [-0.05, 0) is 43.2 Å². The smallest absolute Gasteiger partial charge is 0.151 e. The molecule has 0 amide bonds. The number of nitrogens with two attached hydrogens (primary N) is 1. The van der Waals surface area contributed by atoms with E-state index >= 15 is 0 Å². The molecule has 0 saturated heterocycles. The lowest BCUT2D eigenvalue weighted by Gasteiger charge is -2.10. The van der Waals surface area contributed by atoms with Crippen LogP contribution < -0.4 is 5.14 Å². The molecule has 5 nitrogen and oxygen atoms in total. The SMILES string of the molecule is CCc1nc(Cc2cc(C)ccc2C)n(-c2ccc(S(N)=O)cc2F)n1. The number of nitrogens with zero attached hydrogens (tertiary/aromatic N) is 3. The molecule has 2 N–H and O–H groups in total. The minimum Gasteiger partial charge on any atom is -0.248 e. The van der Waals surface area contributed by atoms with Crippen molar-refractivity contribution in [1.29, 1.82) is 0 Å². The zero-order valence-electron chi connectivity index (χ0n) is 15.0. The molecule has 1 atom stereocenters. The first-order chi connectivity index (χ1) is 12.4. The number of halogens is 1. The second-order valence-electron chi connectivity index (χ2n) is 6.23. The van der Waals surface area contributed by atoms with Crippen molar-refractivity contribution in [3.05, 3.63) is 70.6 Å². The van der Waals surface area contributed by atoms with Gasteiger partial charge >= 0.3 is 0 Å². The van der Waals surface area contributed by atoms with E-state index in [2.05, 4.69) is 28.3 Å². The minimum absolute atomic E-state index is 0.234. The van der Waals surface area contributed by atoms with E-state index < -0.39 is 16.8 Å². The molecule has 0 aliphatic carbocycles. The molecule has 3 aromatic rings. The minimum atomic E-state index is -1.73. The molecule has 1 aromatic heterocycles. The van der Waals surface area contributed by atoms with Crippen LogP contribution in [0.3, 0.4) is 0 Å². The first kappa shape index (κ1) is 18.4. The van der Waals surface area contributed by atoms with E-state index in [1.54, 1.807) is 6.07 Å². The van der Waals surface area contributed by atoms with Crippen LogP contribution >= 0.6 is 0 Å². The predicted octanol–water partition coefficient (Wildman–Crippen LogP) is 3.16. The number of aromatic nitrogens is 3. The fourth-order valence-corrected chi connectivity index (χ4v) is 3.22. The van der Waals surface area contributed by atoms with Gasteiger partial charge in [-0.1, -0.05) is 30.7 Å². The topological polar surface area (TPSA) is 73.8 Å². The molecule has 0 aliphatic heterocycles. The Kier molecular flexibility index (Phi) is 5.29. The van der Waals surface area contributed by atoms with Crippen molar-refractivity contribution in [3.8, 4) is 5.69 Å². The fraction of sp³-hybridized carbons (Fsp3) is 0.263. The van der Waals surface area contributed by atoms with E-state index in [9.17, 15) is 8.60 Å². The van der Waals surface area contributed by atoms with Crippen molar-refractivity contribution >= 4 is 11.0 Å². The Bertz CT molecular complexity index is 984. The van der Waals surface area contributed by atoms with E-state index in [-0.39, 0.29) is 10.6 Å². The Morgan fingerprint density at radius 1 is 1.19 bits per heavy atom. The highest BCUT2D eigenvalue weighted by Crippen LogP contribution is 2.21. The van der Waals surface area contributed by atoms with E-state index in [4.69, 9.17) is 5.14 Å². The summed E-state index contributed by atoms with van der Waals surface area (Å²) in [6, 6.07) is 10.5. The Labute approximate surface area is 154 Å². The molecule has 1 heterocycles. The van der Waals surface area contributed by atoms with Gasteiger partial charge in [0.25, 0.3) is 0 Å². The van der Waals surface area contributed by atoms with Crippen molar-refractivity contribution in [2.24, 2.45) is 5.14 Å². The molecular weight excluding hydrogens is 351 g/mol. The highest BCUT2D eigenvalue weighted by molar-refractivity contribution is 7.82. The third kappa shape index (κ3) is 3.73. The Balaban J connectivity index is 2.07. The lowest BCUT2D eigenvalue weighted by atomic mass is 10.0. The lowest BCUT2D eigenvalue weighted by Crippen LogP contribution is -2.09. The van der Waals surface area contributed by atoms with Gasteiger partial charge in [0, 0.05) is 12.8 Å². The molecule has 0 radical (unpaired) electrons. The summed E-state index contributed by atoms with van der Waals surface area (Å²) >= 11 is 0. The summed E-state index contributed by atoms with van der Waals surface area (Å²) < 4.78 is 27.5. The van der Waals surface area contributed by atoms with E-state index in [1.807, 2.05) is 20.8 Å². The monoisotopic (exact) mass is 372 g/mol. The second-order valence-corrected chi connectivity index (χ2v) is 7.29. The van der Waals surface area contributed by atoms with E-state index in [0.29, 0.717) is 24.5 Å². The van der Waals surface area contributed by atoms with Gasteiger partial charge in [0.05, 0.1) is 4.90 Å². The van der Waals surface area contributed by atoms with Gasteiger partial charge in [-0.15, -0.1) is 0 Å². The van der Waals surface area contributed by atoms with Crippen molar-refractivity contribution < 1.29 is 8.60 Å². The third-order valence-corrected chi connectivity index (χ3v) is 4.99. The van der Waals surface area contributed by atoms with E-state index in [0.717, 1.165) is 16.7 Å². The standard InChI is InChI=1S/C19H21FN4OS/c1-4-18-22-19(10-14-9-12(2)5-6-13(14)3)24(23-18)17-8-7-15(26(21)25)11-16(17)20/h5-9,11H,4,10,21H2,1-3H3. The van der Waals surface area contributed by atoms with Crippen molar-refractivity contribution in [3.63, 3.8) is 0 Å². The van der Waals surface area contributed by atoms with Crippen LogP contribution in [0.5, 0.6) is 0 Å². The van der Waals surface area contributed by atoms with Crippen LogP contribution in [-0.2, 0) is 23.8 Å². The van der Waals surface area contributed by atoms with Crippen LogP contribution in [0.2, 0.25) is 0 Å². The number of hydrogen-bond donors (Lipinski definition) is 1. The Morgan fingerprint density at radius 3 is 2.62 bits per heavy atom. The van der Waals surface area contributed by atoms with Crippen molar-refractivity contribution in [2.45, 2.75) is 38.5 Å². The molecule has 26 heavy (non-hydrogen) atoms. The fourth-order valence-electron chi connectivity index (χ4n) is 2.79. The average molecular weight is 372 g/mol. The maximum absolute atomic E-state index is 14.6. The molecule has 136 valence electrons. The molecule has 0 spiro atoms. The zero-order valence-corrected chi connectivity index (χ0v) is 15.8. The summed E-state index contributed by atoms with van der Waals surface area (Å²) in [7, 11) is -1.73. The number of rotatable bonds is 5. The summed E-state index contributed by atoms with van der Waals surface area (Å²) in [5, 5.41) is 9.77. The maximum Gasteiger partial charge on any atom is 0.151 e. The van der Waals surface area contributed by atoms with Crippen molar-refractivity contribution in [1.82, 2.24) is 14.8 Å². The molecule has 0 saturated carbocycles. The summed E-state index contributed by atoms with van der Waals surface area (Å²) in [4.78, 5) is 4.80. The van der Waals surface area contributed by atoms with Gasteiger partial charge in [0.2, 0.25) is 0 Å². The number of hydrogen-bond acceptors (Lipinski definition) is 3. The molecular formula is C19H21FN4OS. The molecule has 1 unspecified atom stereocenters. The van der Waals surface area contributed by atoms with Crippen LogP contribution in [0.15, 0.2) is 41.3 Å². The van der Waals surface area contributed by atoms with Crippen LogP contribution in [0.1, 0.15) is 35.3 Å². The first-order valence-corrected chi connectivity index (χ1v) is 9.57. The largest absolute Gasteiger partial charge is 0.248 e. The lowest BCUT2D eigenvalue weighted by molar-refractivity contribution is 0.601. The molecule has 0 fully saturated rings. The average Bonchev–Trinajstić information content (AvgIpc) is 3.00. The molecule has 3 rings (SSSR count). The van der Waals surface area contributed by atoms with Gasteiger partial charge < -0.3 is 0 Å². The number of aryl methyl sites for hydroxylation is 3. The normalized spacial score (nSPS) is 12.3. The first-order valence-electron chi connectivity index (χ1n) is 8.36. The predicted molar refractivity (Wildman–Crippen MR) is 100 cm³/mol. The third-order valence-electron chi connectivity index (χ3n) is 4.27. The van der Waals surface area contributed by atoms with Crippen molar-refractivity contribution in [2.75, 3.05) is 0 Å².